The van der Waals surface area contributed by atoms with Gasteiger partial charge in [0.1, 0.15) is 0 Å². The fraction of sp³-hybridized carbons (Fsp3) is 1.00. The lowest BCUT2D eigenvalue weighted by Gasteiger charge is -2.29. The molecule has 2 nitrogen and oxygen atoms in total. The number of hydrogen-bond donors (Lipinski definition) is 1. The van der Waals surface area contributed by atoms with Crippen molar-refractivity contribution in [2.24, 2.45) is 5.92 Å². The van der Waals surface area contributed by atoms with Crippen molar-refractivity contribution in [3.05, 3.63) is 5.21 Å². The van der Waals surface area contributed by atoms with Crippen LogP contribution in [0.4, 0.5) is 0 Å². The van der Waals surface area contributed by atoms with E-state index >= 15 is 0 Å². The van der Waals surface area contributed by atoms with Gasteiger partial charge >= 0.3 is 0 Å². The summed E-state index contributed by atoms with van der Waals surface area (Å²) in [5.74, 6) is 0.729. The maximum atomic E-state index is 12.1. The molecule has 1 fully saturated rings. The van der Waals surface area contributed by atoms with Gasteiger partial charge in [-0.3, -0.25) is 0 Å². The molecule has 162 valence electrons. The molecule has 2 heteroatoms. The van der Waals surface area contributed by atoms with Gasteiger partial charge in [-0.15, -0.1) is 0 Å². The number of unbranched alkanes of at least 4 members (excludes halogenated alkanes) is 15. The molecule has 1 N–H and O–H groups in total. The summed E-state index contributed by atoms with van der Waals surface area (Å²) in [5, 5.41) is 12.6. The molecule has 1 atom stereocenters. The molecule has 0 saturated heterocycles. The van der Waals surface area contributed by atoms with Gasteiger partial charge in [0.05, 0.1) is 13.1 Å². The van der Waals surface area contributed by atoms with Gasteiger partial charge < -0.3 is 10.3 Å². The molecule has 0 bridgehead atoms. The maximum absolute atomic E-state index is 12.1. The molecule has 1 aliphatic carbocycles. The predicted octanol–water partition coefficient (Wildman–Crippen LogP) is 7.21. The van der Waals surface area contributed by atoms with E-state index in [-0.39, 0.29) is 0 Å². The molecule has 0 aromatic rings. The standard InChI is InChI=1S/C25H51NO/c1-2-3-4-5-6-7-8-9-10-11-12-13-14-15-16-20-23-26(27)24-25-21-18-17-19-22-25/h25-26H,2-24H2,1H3. The zero-order valence-electron chi connectivity index (χ0n) is 18.7. The van der Waals surface area contributed by atoms with E-state index in [0.29, 0.717) is 5.06 Å². The van der Waals surface area contributed by atoms with Crippen molar-refractivity contribution in [2.75, 3.05) is 13.1 Å². The quantitative estimate of drug-likeness (QED) is 0.186. The molecule has 0 heterocycles. The summed E-state index contributed by atoms with van der Waals surface area (Å²) in [6.45, 7) is 4.04. The van der Waals surface area contributed by atoms with Crippen LogP contribution in [-0.2, 0) is 0 Å². The lowest BCUT2D eigenvalue weighted by molar-refractivity contribution is -0.852. The van der Waals surface area contributed by atoms with Gasteiger partial charge in [0.2, 0.25) is 0 Å². The van der Waals surface area contributed by atoms with E-state index in [4.69, 9.17) is 0 Å². The van der Waals surface area contributed by atoms with Crippen LogP contribution in [0.1, 0.15) is 142 Å². The lowest BCUT2D eigenvalue weighted by Crippen LogP contribution is -3.08. The van der Waals surface area contributed by atoms with E-state index in [1.807, 2.05) is 0 Å². The number of nitrogens with one attached hydrogen (secondary N) is 1. The first-order valence-corrected chi connectivity index (χ1v) is 12.8. The Hall–Kier alpha value is -0.0800. The van der Waals surface area contributed by atoms with Crippen molar-refractivity contribution in [1.29, 1.82) is 0 Å². The summed E-state index contributed by atoms with van der Waals surface area (Å²) in [7, 11) is 0. The average Bonchev–Trinajstić information content (AvgIpc) is 2.68. The second-order valence-electron chi connectivity index (χ2n) is 9.30. The van der Waals surface area contributed by atoms with E-state index in [9.17, 15) is 5.21 Å². The Morgan fingerprint density at radius 3 is 1.44 bits per heavy atom. The van der Waals surface area contributed by atoms with Crippen LogP contribution < -0.4 is 5.06 Å². The summed E-state index contributed by atoms with van der Waals surface area (Å²) in [5.41, 5.74) is 0. The van der Waals surface area contributed by atoms with Gasteiger partial charge in [-0.2, -0.15) is 0 Å². The third-order valence-corrected chi connectivity index (χ3v) is 6.55. The Morgan fingerprint density at radius 2 is 1.00 bits per heavy atom. The van der Waals surface area contributed by atoms with Crippen molar-refractivity contribution in [3.8, 4) is 0 Å². The molecule has 0 radical (unpaired) electrons. The largest absolute Gasteiger partial charge is 0.634 e. The fourth-order valence-corrected chi connectivity index (χ4v) is 4.69. The number of hydrogen-bond acceptors (Lipinski definition) is 1. The molecule has 0 aromatic carbocycles. The van der Waals surface area contributed by atoms with Gasteiger partial charge in [-0.1, -0.05) is 116 Å². The van der Waals surface area contributed by atoms with Gasteiger partial charge in [-0.25, -0.2) is 0 Å². The summed E-state index contributed by atoms with van der Waals surface area (Å²) in [6.07, 6.45) is 29.1. The fourth-order valence-electron chi connectivity index (χ4n) is 4.69. The van der Waals surface area contributed by atoms with Crippen LogP contribution in [0.25, 0.3) is 0 Å². The minimum Gasteiger partial charge on any atom is -0.634 e. The van der Waals surface area contributed by atoms with Crippen molar-refractivity contribution in [3.63, 3.8) is 0 Å². The Morgan fingerprint density at radius 1 is 0.593 bits per heavy atom. The summed E-state index contributed by atoms with van der Waals surface area (Å²) < 4.78 is 0. The summed E-state index contributed by atoms with van der Waals surface area (Å²) in [4.78, 5) is 0. The third-order valence-electron chi connectivity index (χ3n) is 6.55. The molecule has 0 amide bonds. The normalized spacial score (nSPS) is 16.7. The predicted molar refractivity (Wildman–Crippen MR) is 120 cm³/mol. The molecule has 1 aliphatic rings. The van der Waals surface area contributed by atoms with Crippen molar-refractivity contribution >= 4 is 0 Å². The highest BCUT2D eigenvalue weighted by atomic mass is 16.5. The molecule has 0 aromatic heterocycles. The number of rotatable bonds is 19. The Bertz CT molecular complexity index is 288. The second kappa shape index (κ2) is 19.2. The Labute approximate surface area is 171 Å². The van der Waals surface area contributed by atoms with Crippen LogP contribution in [0.15, 0.2) is 0 Å². The van der Waals surface area contributed by atoms with Gasteiger partial charge in [0.15, 0.2) is 0 Å². The molecule has 1 saturated carbocycles. The highest BCUT2D eigenvalue weighted by Crippen LogP contribution is 2.22. The van der Waals surface area contributed by atoms with Crippen LogP contribution in [0.5, 0.6) is 0 Å². The van der Waals surface area contributed by atoms with Crippen molar-refractivity contribution in [2.45, 2.75) is 142 Å². The minimum atomic E-state index is 0.548. The minimum absolute atomic E-state index is 0.548. The van der Waals surface area contributed by atoms with Gasteiger partial charge in [-0.05, 0) is 25.7 Å². The molecule has 0 spiro atoms. The second-order valence-corrected chi connectivity index (χ2v) is 9.30. The van der Waals surface area contributed by atoms with Crippen LogP contribution >= 0.6 is 0 Å². The third kappa shape index (κ3) is 16.6. The van der Waals surface area contributed by atoms with Crippen molar-refractivity contribution in [1.82, 2.24) is 0 Å². The zero-order valence-corrected chi connectivity index (χ0v) is 18.7. The van der Waals surface area contributed by atoms with Crippen molar-refractivity contribution < 1.29 is 5.06 Å². The van der Waals surface area contributed by atoms with E-state index in [1.54, 1.807) is 0 Å². The SMILES string of the molecule is CCCCCCCCCCCCCCCCCC[NH+]([O-])CC1CCCCC1. The first kappa shape index (κ1) is 25.0. The highest BCUT2D eigenvalue weighted by molar-refractivity contribution is 4.64. The summed E-state index contributed by atoms with van der Waals surface area (Å²) in [6, 6.07) is 0. The van der Waals surface area contributed by atoms with Crippen LogP contribution in [0.3, 0.4) is 0 Å². The van der Waals surface area contributed by atoms with Gasteiger partial charge in [0, 0.05) is 5.92 Å². The zero-order chi connectivity index (χ0) is 19.4. The van der Waals surface area contributed by atoms with Gasteiger partial charge in [0.25, 0.3) is 0 Å². The summed E-state index contributed by atoms with van der Waals surface area (Å²) >= 11 is 0. The van der Waals surface area contributed by atoms with E-state index in [1.165, 1.54) is 128 Å². The lowest BCUT2D eigenvalue weighted by atomic mass is 9.89. The Balaban J connectivity index is 1.71. The molecule has 0 aliphatic heterocycles. The first-order valence-electron chi connectivity index (χ1n) is 12.8. The topological polar surface area (TPSA) is 27.5 Å². The Kier molecular flexibility index (Phi) is 17.8. The molecular formula is C25H51NO. The first-order chi connectivity index (χ1) is 13.3. The number of quaternary nitrogens is 1. The molecule has 1 unspecified atom stereocenters. The molecular weight excluding hydrogens is 330 g/mol. The molecule has 1 rings (SSSR count). The average molecular weight is 382 g/mol. The van der Waals surface area contributed by atoms with E-state index < -0.39 is 0 Å². The van der Waals surface area contributed by atoms with Crippen LogP contribution in [-0.4, -0.2) is 13.1 Å². The highest BCUT2D eigenvalue weighted by Gasteiger charge is 2.15. The van der Waals surface area contributed by atoms with E-state index in [2.05, 4.69) is 6.92 Å². The monoisotopic (exact) mass is 381 g/mol. The smallest absolute Gasteiger partial charge is 0.0796 e. The van der Waals surface area contributed by atoms with E-state index in [0.717, 1.165) is 25.4 Å². The van der Waals surface area contributed by atoms with Crippen LogP contribution in [0, 0.1) is 11.1 Å². The van der Waals surface area contributed by atoms with Crippen LogP contribution in [0.2, 0.25) is 0 Å². The molecule has 27 heavy (non-hydrogen) atoms. The maximum Gasteiger partial charge on any atom is 0.0796 e. The number of hydroxylamine groups is 2.